The lowest BCUT2D eigenvalue weighted by molar-refractivity contribution is -0.143. The van der Waals surface area contributed by atoms with E-state index in [0.29, 0.717) is 11.4 Å². The minimum absolute atomic E-state index is 0.0717. The predicted octanol–water partition coefficient (Wildman–Crippen LogP) is 1.27. The Bertz CT molecular complexity index is 626. The molecule has 2 amide bonds. The van der Waals surface area contributed by atoms with Gasteiger partial charge in [-0.05, 0) is 30.2 Å². The van der Waals surface area contributed by atoms with Gasteiger partial charge in [0.05, 0.1) is 13.0 Å². The fraction of sp³-hybridized carbons (Fsp3) is 0.471. The number of anilines is 1. The fourth-order valence-corrected chi connectivity index (χ4v) is 2.68. The number of ether oxygens (including phenoxy) is 1. The van der Waals surface area contributed by atoms with E-state index < -0.39 is 23.8 Å². The molecule has 0 spiro atoms. The number of carboxylic acid groups (broad SMARTS) is 1. The molecular weight excluding hydrogens is 312 g/mol. The van der Waals surface area contributed by atoms with E-state index in [1.807, 2.05) is 0 Å². The van der Waals surface area contributed by atoms with E-state index in [2.05, 4.69) is 5.32 Å². The minimum atomic E-state index is -1.07. The third kappa shape index (κ3) is 3.84. The SMILES string of the molecule is COc1ccc(N2C[C@@H](C(=O)N[C@H](C(=O)O)C(C)C)CC2=O)cc1. The molecule has 2 rings (SSSR count). The number of benzene rings is 1. The van der Waals surface area contributed by atoms with Crippen molar-refractivity contribution in [3.05, 3.63) is 24.3 Å². The molecule has 7 heteroatoms. The first-order chi connectivity index (χ1) is 11.3. The molecule has 2 atom stereocenters. The van der Waals surface area contributed by atoms with Crippen LogP contribution in [0, 0.1) is 11.8 Å². The number of carbonyl (C=O) groups is 3. The molecule has 0 unspecified atom stereocenters. The summed E-state index contributed by atoms with van der Waals surface area (Å²) in [6, 6.07) is 6.04. The third-order valence-electron chi connectivity index (χ3n) is 4.11. The van der Waals surface area contributed by atoms with Gasteiger partial charge in [-0.1, -0.05) is 13.8 Å². The molecule has 1 aromatic rings. The van der Waals surface area contributed by atoms with Gasteiger partial charge < -0.3 is 20.1 Å². The smallest absolute Gasteiger partial charge is 0.326 e. The number of carboxylic acids is 1. The molecule has 7 nitrogen and oxygen atoms in total. The Morgan fingerprint density at radius 1 is 1.29 bits per heavy atom. The molecule has 0 bridgehead atoms. The zero-order valence-corrected chi connectivity index (χ0v) is 14.0. The van der Waals surface area contributed by atoms with Gasteiger partial charge in [-0.25, -0.2) is 4.79 Å². The van der Waals surface area contributed by atoms with Gasteiger partial charge in [-0.15, -0.1) is 0 Å². The Balaban J connectivity index is 2.05. The highest BCUT2D eigenvalue weighted by Crippen LogP contribution is 2.27. The molecule has 0 aliphatic carbocycles. The van der Waals surface area contributed by atoms with Crippen molar-refractivity contribution in [2.75, 3.05) is 18.6 Å². The van der Waals surface area contributed by atoms with Crippen molar-refractivity contribution in [1.29, 1.82) is 0 Å². The Kier molecular flexibility index (Phi) is 5.43. The first kappa shape index (κ1) is 17.8. The Labute approximate surface area is 140 Å². The highest BCUT2D eigenvalue weighted by molar-refractivity contribution is 6.00. The van der Waals surface area contributed by atoms with Crippen LogP contribution in [0.15, 0.2) is 24.3 Å². The summed E-state index contributed by atoms with van der Waals surface area (Å²) in [5.74, 6) is -1.74. The Morgan fingerprint density at radius 2 is 1.92 bits per heavy atom. The number of nitrogens with zero attached hydrogens (tertiary/aromatic N) is 1. The van der Waals surface area contributed by atoms with E-state index in [4.69, 9.17) is 9.84 Å². The molecule has 1 saturated heterocycles. The topological polar surface area (TPSA) is 95.9 Å². The maximum Gasteiger partial charge on any atom is 0.326 e. The van der Waals surface area contributed by atoms with Gasteiger partial charge in [0, 0.05) is 18.7 Å². The lowest BCUT2D eigenvalue weighted by atomic mass is 10.0. The Morgan fingerprint density at radius 3 is 2.42 bits per heavy atom. The minimum Gasteiger partial charge on any atom is -0.497 e. The van der Waals surface area contributed by atoms with Crippen LogP contribution in [0.25, 0.3) is 0 Å². The number of carbonyl (C=O) groups excluding carboxylic acids is 2. The summed E-state index contributed by atoms with van der Waals surface area (Å²) in [7, 11) is 1.56. The summed E-state index contributed by atoms with van der Waals surface area (Å²) in [5.41, 5.74) is 0.690. The van der Waals surface area contributed by atoms with Crippen LogP contribution in [0.5, 0.6) is 5.75 Å². The van der Waals surface area contributed by atoms with Crippen LogP contribution in [0.3, 0.4) is 0 Å². The maximum atomic E-state index is 12.3. The van der Waals surface area contributed by atoms with Crippen molar-refractivity contribution in [2.24, 2.45) is 11.8 Å². The van der Waals surface area contributed by atoms with E-state index >= 15 is 0 Å². The van der Waals surface area contributed by atoms with Gasteiger partial charge in [0.1, 0.15) is 11.8 Å². The van der Waals surface area contributed by atoms with Crippen molar-refractivity contribution in [3.63, 3.8) is 0 Å². The third-order valence-corrected chi connectivity index (χ3v) is 4.11. The molecule has 130 valence electrons. The van der Waals surface area contributed by atoms with Crippen molar-refractivity contribution >= 4 is 23.5 Å². The number of methoxy groups -OCH3 is 1. The van der Waals surface area contributed by atoms with Gasteiger partial charge in [0.2, 0.25) is 11.8 Å². The molecule has 0 radical (unpaired) electrons. The molecular formula is C17H22N2O5. The number of rotatable bonds is 6. The number of amides is 2. The monoisotopic (exact) mass is 334 g/mol. The van der Waals surface area contributed by atoms with Gasteiger partial charge in [-0.3, -0.25) is 9.59 Å². The summed E-state index contributed by atoms with van der Waals surface area (Å²) in [4.78, 5) is 37.2. The normalized spacial score (nSPS) is 18.6. The molecule has 2 N–H and O–H groups in total. The highest BCUT2D eigenvalue weighted by Gasteiger charge is 2.37. The van der Waals surface area contributed by atoms with E-state index in [1.54, 1.807) is 45.2 Å². The van der Waals surface area contributed by atoms with Crippen LogP contribution in [0.2, 0.25) is 0 Å². The number of aliphatic carboxylic acids is 1. The van der Waals surface area contributed by atoms with E-state index in [-0.39, 0.29) is 24.8 Å². The second kappa shape index (κ2) is 7.33. The van der Waals surface area contributed by atoms with Crippen LogP contribution in [-0.2, 0) is 14.4 Å². The molecule has 1 aliphatic rings. The second-order valence-electron chi connectivity index (χ2n) is 6.17. The Hall–Kier alpha value is -2.57. The average molecular weight is 334 g/mol. The quantitative estimate of drug-likeness (QED) is 0.817. The molecule has 1 aromatic carbocycles. The lowest BCUT2D eigenvalue weighted by Crippen LogP contribution is -2.47. The van der Waals surface area contributed by atoms with Crippen LogP contribution < -0.4 is 15.0 Å². The summed E-state index contributed by atoms with van der Waals surface area (Å²) in [6.45, 7) is 3.69. The summed E-state index contributed by atoms with van der Waals surface area (Å²) < 4.78 is 5.08. The van der Waals surface area contributed by atoms with Gasteiger partial charge in [-0.2, -0.15) is 0 Å². The van der Waals surface area contributed by atoms with E-state index in [9.17, 15) is 14.4 Å². The second-order valence-corrected chi connectivity index (χ2v) is 6.17. The first-order valence-corrected chi connectivity index (χ1v) is 7.81. The zero-order valence-electron chi connectivity index (χ0n) is 14.0. The van der Waals surface area contributed by atoms with E-state index in [0.717, 1.165) is 0 Å². The van der Waals surface area contributed by atoms with Gasteiger partial charge in [0.15, 0.2) is 0 Å². The summed E-state index contributed by atoms with van der Waals surface area (Å²) in [5, 5.41) is 11.7. The van der Waals surface area contributed by atoms with Crippen LogP contribution in [0.4, 0.5) is 5.69 Å². The van der Waals surface area contributed by atoms with Crippen molar-refractivity contribution < 1.29 is 24.2 Å². The predicted molar refractivity (Wildman–Crippen MR) is 87.9 cm³/mol. The zero-order chi connectivity index (χ0) is 17.9. The number of hydrogen-bond acceptors (Lipinski definition) is 4. The number of hydrogen-bond donors (Lipinski definition) is 2. The van der Waals surface area contributed by atoms with Crippen molar-refractivity contribution in [1.82, 2.24) is 5.32 Å². The molecule has 0 aromatic heterocycles. The molecule has 1 fully saturated rings. The fourth-order valence-electron chi connectivity index (χ4n) is 2.68. The molecule has 1 heterocycles. The molecule has 0 saturated carbocycles. The average Bonchev–Trinajstić information content (AvgIpc) is 2.93. The largest absolute Gasteiger partial charge is 0.497 e. The lowest BCUT2D eigenvalue weighted by Gasteiger charge is -2.20. The van der Waals surface area contributed by atoms with Crippen molar-refractivity contribution in [3.8, 4) is 5.75 Å². The van der Waals surface area contributed by atoms with Gasteiger partial charge >= 0.3 is 5.97 Å². The van der Waals surface area contributed by atoms with Crippen LogP contribution in [-0.4, -0.2) is 42.6 Å². The highest BCUT2D eigenvalue weighted by atomic mass is 16.5. The maximum absolute atomic E-state index is 12.3. The molecule has 24 heavy (non-hydrogen) atoms. The number of nitrogens with one attached hydrogen (secondary N) is 1. The van der Waals surface area contributed by atoms with Gasteiger partial charge in [0.25, 0.3) is 0 Å². The van der Waals surface area contributed by atoms with Crippen molar-refractivity contribution in [2.45, 2.75) is 26.3 Å². The summed E-state index contributed by atoms with van der Waals surface area (Å²) in [6.07, 6.45) is 0.0717. The van der Waals surface area contributed by atoms with Crippen LogP contribution >= 0.6 is 0 Å². The van der Waals surface area contributed by atoms with Crippen LogP contribution in [0.1, 0.15) is 20.3 Å². The standard InChI is InChI=1S/C17H22N2O5/c1-10(2)15(17(22)23)18-16(21)11-8-14(20)19(9-11)12-4-6-13(24-3)7-5-12/h4-7,10-11,15H,8-9H2,1-3H3,(H,18,21)(H,22,23)/t11-,15-/m0/s1. The van der Waals surface area contributed by atoms with E-state index in [1.165, 1.54) is 4.90 Å². The summed E-state index contributed by atoms with van der Waals surface area (Å²) >= 11 is 0. The first-order valence-electron chi connectivity index (χ1n) is 7.81. The molecule has 1 aliphatic heterocycles.